The van der Waals surface area contributed by atoms with Gasteiger partial charge < -0.3 is 9.72 Å². The monoisotopic (exact) mass is 284 g/mol. The lowest BCUT2D eigenvalue weighted by Gasteiger charge is -2.11. The highest BCUT2D eigenvalue weighted by Gasteiger charge is 2.11. The van der Waals surface area contributed by atoms with Crippen LogP contribution in [0.25, 0.3) is 16.7 Å². The van der Waals surface area contributed by atoms with Crippen LogP contribution in [-0.2, 0) is 11.3 Å². The van der Waals surface area contributed by atoms with Crippen LogP contribution in [0.3, 0.4) is 0 Å². The highest BCUT2D eigenvalue weighted by molar-refractivity contribution is 7.71. The molecule has 0 amide bonds. The van der Waals surface area contributed by atoms with Gasteiger partial charge in [-0.05, 0) is 36.8 Å². The molecule has 3 aromatic rings. The molecule has 3 nitrogen and oxygen atoms in total. The van der Waals surface area contributed by atoms with E-state index in [0.29, 0.717) is 11.4 Å². The number of ether oxygens (including phenoxy) is 1. The summed E-state index contributed by atoms with van der Waals surface area (Å²) in [6.45, 7) is 2.66. The number of nitrogens with one attached hydrogen (secondary N) is 1. The van der Waals surface area contributed by atoms with Gasteiger partial charge in [-0.2, -0.15) is 0 Å². The van der Waals surface area contributed by atoms with E-state index in [1.165, 1.54) is 5.56 Å². The molecule has 20 heavy (non-hydrogen) atoms. The maximum absolute atomic E-state index is 5.50. The van der Waals surface area contributed by atoms with E-state index in [9.17, 15) is 0 Å². The smallest absolute Gasteiger partial charge is 0.182 e. The Morgan fingerprint density at radius 3 is 2.75 bits per heavy atom. The Labute approximate surface area is 122 Å². The lowest BCUT2D eigenvalue weighted by molar-refractivity contribution is 0.185. The van der Waals surface area contributed by atoms with Crippen LogP contribution in [0.1, 0.15) is 11.1 Å². The number of imidazole rings is 1. The number of nitrogens with zero attached hydrogens (tertiary/aromatic N) is 1. The minimum absolute atomic E-state index is 0.566. The first-order valence-corrected chi connectivity index (χ1v) is 6.91. The molecule has 2 aromatic carbocycles. The minimum Gasteiger partial charge on any atom is -0.380 e. The number of hydrogen-bond donors (Lipinski definition) is 1. The van der Waals surface area contributed by atoms with Crippen molar-refractivity contribution in [3.8, 4) is 5.69 Å². The molecule has 0 saturated carbocycles. The third-order valence-electron chi connectivity index (χ3n) is 3.44. The van der Waals surface area contributed by atoms with E-state index in [-0.39, 0.29) is 0 Å². The SMILES string of the molecule is COCc1ccccc1-n1c(=S)[nH]c2cccc(C)c21. The van der Waals surface area contributed by atoms with E-state index < -0.39 is 0 Å². The second-order valence-corrected chi connectivity index (χ2v) is 5.19. The molecule has 0 atom stereocenters. The van der Waals surface area contributed by atoms with Gasteiger partial charge in [0.25, 0.3) is 0 Å². The van der Waals surface area contributed by atoms with Gasteiger partial charge >= 0.3 is 0 Å². The van der Waals surface area contributed by atoms with Crippen molar-refractivity contribution < 1.29 is 4.74 Å². The molecule has 1 N–H and O–H groups in total. The summed E-state index contributed by atoms with van der Waals surface area (Å²) in [6.07, 6.45) is 0. The predicted octanol–water partition coefficient (Wildman–Crippen LogP) is 4.14. The lowest BCUT2D eigenvalue weighted by Crippen LogP contribution is -2.01. The number of para-hydroxylation sites is 2. The Bertz CT molecular complexity index is 817. The number of aryl methyl sites for hydroxylation is 1. The Balaban J connectivity index is 2.35. The number of fused-ring (bicyclic) bond motifs is 1. The maximum Gasteiger partial charge on any atom is 0.182 e. The maximum atomic E-state index is 5.50. The normalized spacial score (nSPS) is 11.1. The van der Waals surface area contributed by atoms with Crippen LogP contribution < -0.4 is 0 Å². The second kappa shape index (κ2) is 5.23. The van der Waals surface area contributed by atoms with Gasteiger partial charge in [0.05, 0.1) is 23.3 Å². The fourth-order valence-corrected chi connectivity index (χ4v) is 2.87. The van der Waals surface area contributed by atoms with Crippen molar-refractivity contribution in [2.75, 3.05) is 7.11 Å². The Morgan fingerprint density at radius 2 is 1.95 bits per heavy atom. The van der Waals surface area contributed by atoms with Gasteiger partial charge in [0.15, 0.2) is 4.77 Å². The molecule has 4 heteroatoms. The van der Waals surface area contributed by atoms with E-state index in [2.05, 4.69) is 34.7 Å². The van der Waals surface area contributed by atoms with E-state index in [0.717, 1.165) is 22.3 Å². The van der Waals surface area contributed by atoms with Crippen LogP contribution in [0, 0.1) is 11.7 Å². The molecular formula is C16H16N2OS. The zero-order valence-corrected chi connectivity index (χ0v) is 12.3. The van der Waals surface area contributed by atoms with Crippen molar-refractivity contribution in [1.82, 2.24) is 9.55 Å². The van der Waals surface area contributed by atoms with Crippen LogP contribution in [0.2, 0.25) is 0 Å². The van der Waals surface area contributed by atoms with Gasteiger partial charge in [0.2, 0.25) is 0 Å². The molecular weight excluding hydrogens is 268 g/mol. The number of methoxy groups -OCH3 is 1. The number of H-pyrrole nitrogens is 1. The summed E-state index contributed by atoms with van der Waals surface area (Å²) < 4.78 is 8.09. The molecule has 102 valence electrons. The molecule has 0 bridgehead atoms. The van der Waals surface area contributed by atoms with E-state index in [1.807, 2.05) is 24.3 Å². The third-order valence-corrected chi connectivity index (χ3v) is 3.72. The molecule has 1 heterocycles. The molecule has 0 spiro atoms. The number of aromatic nitrogens is 2. The van der Waals surface area contributed by atoms with Crippen molar-refractivity contribution in [2.45, 2.75) is 13.5 Å². The van der Waals surface area contributed by atoms with Gasteiger partial charge in [-0.1, -0.05) is 30.3 Å². The molecule has 0 radical (unpaired) electrons. The van der Waals surface area contributed by atoms with Crippen LogP contribution in [-0.4, -0.2) is 16.7 Å². The predicted molar refractivity (Wildman–Crippen MR) is 83.9 cm³/mol. The highest BCUT2D eigenvalue weighted by atomic mass is 32.1. The molecule has 0 fully saturated rings. The first-order valence-electron chi connectivity index (χ1n) is 6.50. The lowest BCUT2D eigenvalue weighted by atomic mass is 10.1. The number of rotatable bonds is 3. The average molecular weight is 284 g/mol. The second-order valence-electron chi connectivity index (χ2n) is 4.80. The molecule has 1 aromatic heterocycles. The van der Waals surface area contributed by atoms with Crippen molar-refractivity contribution in [2.24, 2.45) is 0 Å². The summed E-state index contributed by atoms with van der Waals surface area (Å²) in [7, 11) is 1.70. The first-order chi connectivity index (χ1) is 9.72. The molecule has 0 aliphatic carbocycles. The van der Waals surface area contributed by atoms with Crippen LogP contribution in [0.15, 0.2) is 42.5 Å². The van der Waals surface area contributed by atoms with Crippen LogP contribution >= 0.6 is 12.2 Å². The molecule has 0 aliphatic rings. The highest BCUT2D eigenvalue weighted by Crippen LogP contribution is 2.25. The van der Waals surface area contributed by atoms with Crippen molar-refractivity contribution in [3.63, 3.8) is 0 Å². The fourth-order valence-electron chi connectivity index (χ4n) is 2.57. The third kappa shape index (κ3) is 2.07. The summed E-state index contributed by atoms with van der Waals surface area (Å²) in [4.78, 5) is 3.27. The average Bonchev–Trinajstić information content (AvgIpc) is 2.77. The zero-order valence-electron chi connectivity index (χ0n) is 11.5. The molecule has 0 saturated heterocycles. The van der Waals surface area contributed by atoms with Crippen LogP contribution in [0.5, 0.6) is 0 Å². The quantitative estimate of drug-likeness (QED) is 0.732. The van der Waals surface area contributed by atoms with Gasteiger partial charge in [0, 0.05) is 12.7 Å². The van der Waals surface area contributed by atoms with E-state index >= 15 is 0 Å². The standard InChI is InChI=1S/C16H16N2OS/c1-11-6-5-8-13-15(11)18(16(20)17-13)14-9-4-3-7-12(14)10-19-2/h3-9H,10H2,1-2H3,(H,17,20). The van der Waals surface area contributed by atoms with E-state index in [1.54, 1.807) is 7.11 Å². The summed E-state index contributed by atoms with van der Waals surface area (Å²) in [6, 6.07) is 14.4. The summed E-state index contributed by atoms with van der Waals surface area (Å²) in [5.41, 5.74) is 5.57. The fraction of sp³-hybridized carbons (Fsp3) is 0.188. The minimum atomic E-state index is 0.566. The van der Waals surface area contributed by atoms with Gasteiger partial charge in [-0.25, -0.2) is 0 Å². The summed E-state index contributed by atoms with van der Waals surface area (Å²) >= 11 is 5.50. The zero-order chi connectivity index (χ0) is 14.1. The largest absolute Gasteiger partial charge is 0.380 e. The Hall–Kier alpha value is -1.91. The Kier molecular flexibility index (Phi) is 3.42. The number of aromatic amines is 1. The number of benzene rings is 2. The van der Waals surface area contributed by atoms with Crippen molar-refractivity contribution in [3.05, 3.63) is 58.4 Å². The molecule has 0 unspecified atom stereocenters. The van der Waals surface area contributed by atoms with Crippen molar-refractivity contribution >= 4 is 23.3 Å². The van der Waals surface area contributed by atoms with Gasteiger partial charge in [-0.15, -0.1) is 0 Å². The van der Waals surface area contributed by atoms with Crippen molar-refractivity contribution in [1.29, 1.82) is 0 Å². The first kappa shape index (κ1) is 13.1. The van der Waals surface area contributed by atoms with Gasteiger partial charge in [-0.3, -0.25) is 4.57 Å². The summed E-state index contributed by atoms with van der Waals surface area (Å²) in [5.74, 6) is 0. The van der Waals surface area contributed by atoms with E-state index in [4.69, 9.17) is 17.0 Å². The van der Waals surface area contributed by atoms with Crippen LogP contribution in [0.4, 0.5) is 0 Å². The topological polar surface area (TPSA) is 29.9 Å². The Morgan fingerprint density at radius 1 is 1.15 bits per heavy atom. The molecule has 0 aliphatic heterocycles. The molecule has 3 rings (SSSR count). The van der Waals surface area contributed by atoms with Gasteiger partial charge in [0.1, 0.15) is 0 Å². The summed E-state index contributed by atoms with van der Waals surface area (Å²) in [5, 5.41) is 0. The number of hydrogen-bond acceptors (Lipinski definition) is 2.